The summed E-state index contributed by atoms with van der Waals surface area (Å²) >= 11 is 0. The third-order valence-electron chi connectivity index (χ3n) is 4.50. The normalized spacial score (nSPS) is 12.7. The van der Waals surface area contributed by atoms with Gasteiger partial charge in [0, 0.05) is 26.7 Å². The van der Waals surface area contributed by atoms with Crippen LogP contribution < -0.4 is 22.1 Å². The van der Waals surface area contributed by atoms with E-state index in [1.54, 1.807) is 4.57 Å². The van der Waals surface area contributed by atoms with Crippen LogP contribution >= 0.6 is 0 Å². The molecule has 0 unspecified atom stereocenters. The van der Waals surface area contributed by atoms with Crippen LogP contribution in [0, 0.1) is 0 Å². The Kier molecular flexibility index (Phi) is 6.48. The van der Waals surface area contributed by atoms with E-state index in [4.69, 9.17) is 5.11 Å². The lowest BCUT2D eigenvalue weighted by Gasteiger charge is -2.12. The summed E-state index contributed by atoms with van der Waals surface area (Å²) in [6, 6.07) is 9.57. The molecule has 3 aromatic rings. The minimum absolute atomic E-state index is 0.161. The number of carboxylic acid groups (broad SMARTS) is 1. The SMILES string of the molecule is Cn1c(=O)c2c(nc(NN[C@H](O)/C=C/C(=O)O)n2C/C=C/c2ccccc2)n(C)c1=O. The Balaban J connectivity index is 2.00. The van der Waals surface area contributed by atoms with E-state index in [-0.39, 0.29) is 23.7 Å². The minimum atomic E-state index is -1.34. The fourth-order valence-corrected chi connectivity index (χ4v) is 2.94. The second-order valence-corrected chi connectivity index (χ2v) is 6.65. The summed E-state index contributed by atoms with van der Waals surface area (Å²) in [4.78, 5) is 39.9. The summed E-state index contributed by atoms with van der Waals surface area (Å²) in [5, 5.41) is 18.5. The van der Waals surface area contributed by atoms with Gasteiger partial charge in [-0.05, 0) is 11.6 Å². The molecule has 0 amide bonds. The van der Waals surface area contributed by atoms with Crippen molar-refractivity contribution in [3.05, 3.63) is 75.0 Å². The van der Waals surface area contributed by atoms with Gasteiger partial charge < -0.3 is 10.2 Å². The predicted octanol–water partition coefficient (Wildman–Crippen LogP) is 0.0228. The largest absolute Gasteiger partial charge is 0.478 e. The molecule has 0 aliphatic carbocycles. The van der Waals surface area contributed by atoms with Gasteiger partial charge in [-0.15, -0.1) is 0 Å². The number of carboxylic acids is 1. The molecule has 0 bridgehead atoms. The molecule has 0 aliphatic heterocycles. The number of carbonyl (C=O) groups is 1. The van der Waals surface area contributed by atoms with Crippen LogP contribution in [0.15, 0.2) is 58.1 Å². The van der Waals surface area contributed by atoms with Crippen LogP contribution in [0.5, 0.6) is 0 Å². The third-order valence-corrected chi connectivity index (χ3v) is 4.50. The number of benzene rings is 1. The van der Waals surface area contributed by atoms with Crippen LogP contribution in [-0.4, -0.2) is 41.1 Å². The van der Waals surface area contributed by atoms with Gasteiger partial charge >= 0.3 is 11.7 Å². The number of hydrazine groups is 1. The highest BCUT2D eigenvalue weighted by Crippen LogP contribution is 2.15. The highest BCUT2D eigenvalue weighted by atomic mass is 16.4. The number of rotatable bonds is 8. The fourth-order valence-electron chi connectivity index (χ4n) is 2.94. The Morgan fingerprint density at radius 2 is 1.90 bits per heavy atom. The van der Waals surface area contributed by atoms with Crippen LogP contribution in [0.3, 0.4) is 0 Å². The third kappa shape index (κ3) is 4.79. The molecular formula is C20H22N6O5. The number of fused-ring (bicyclic) bond motifs is 1. The zero-order chi connectivity index (χ0) is 22.5. The molecule has 31 heavy (non-hydrogen) atoms. The standard InChI is InChI=1S/C20H22N6O5/c1-24-17-16(18(30)25(2)20(24)31)26(12-6-9-13-7-4-3-5-8-13)19(21-17)23-22-14(27)10-11-15(28)29/h3-11,14,22,27H,12H2,1-2H3,(H,21,23)(H,28,29)/b9-6+,11-10+/t14-/m1/s1. The van der Waals surface area contributed by atoms with Crippen molar-refractivity contribution in [2.45, 2.75) is 12.8 Å². The van der Waals surface area contributed by atoms with Gasteiger partial charge in [-0.3, -0.25) is 23.9 Å². The monoisotopic (exact) mass is 426 g/mol. The molecule has 0 radical (unpaired) electrons. The minimum Gasteiger partial charge on any atom is -0.478 e. The molecule has 2 heterocycles. The number of allylic oxidation sites excluding steroid dienone is 1. The van der Waals surface area contributed by atoms with Gasteiger partial charge in [-0.2, -0.15) is 4.98 Å². The van der Waals surface area contributed by atoms with Crippen LogP contribution in [0.25, 0.3) is 17.2 Å². The van der Waals surface area contributed by atoms with E-state index in [0.717, 1.165) is 22.3 Å². The number of aliphatic hydroxyl groups excluding tert-OH is 1. The first-order chi connectivity index (χ1) is 14.8. The molecule has 11 nitrogen and oxygen atoms in total. The number of aliphatic carboxylic acids is 1. The molecule has 0 fully saturated rings. The first kappa shape index (κ1) is 21.7. The maximum atomic E-state index is 12.8. The average molecular weight is 426 g/mol. The Labute approximate surface area is 176 Å². The molecule has 162 valence electrons. The molecule has 0 saturated carbocycles. The van der Waals surface area contributed by atoms with E-state index < -0.39 is 23.4 Å². The summed E-state index contributed by atoms with van der Waals surface area (Å²) in [6.07, 6.45) is 4.17. The fraction of sp³-hybridized carbons (Fsp3) is 0.200. The molecule has 11 heteroatoms. The number of nitrogens with one attached hydrogen (secondary N) is 2. The number of aromatic nitrogens is 4. The van der Waals surface area contributed by atoms with Crippen molar-refractivity contribution in [1.82, 2.24) is 24.1 Å². The predicted molar refractivity (Wildman–Crippen MR) is 115 cm³/mol. The number of nitrogens with zero attached hydrogens (tertiary/aromatic N) is 4. The molecule has 0 saturated heterocycles. The van der Waals surface area contributed by atoms with Crippen LogP contribution in [0.2, 0.25) is 0 Å². The van der Waals surface area contributed by atoms with Gasteiger partial charge in [0.05, 0.1) is 0 Å². The zero-order valence-corrected chi connectivity index (χ0v) is 16.9. The molecule has 0 aliphatic rings. The first-order valence-electron chi connectivity index (χ1n) is 9.28. The lowest BCUT2D eigenvalue weighted by molar-refractivity contribution is -0.131. The van der Waals surface area contributed by atoms with E-state index in [1.807, 2.05) is 42.5 Å². The molecule has 0 spiro atoms. The van der Waals surface area contributed by atoms with Gasteiger partial charge in [0.25, 0.3) is 5.56 Å². The second-order valence-electron chi connectivity index (χ2n) is 6.65. The van der Waals surface area contributed by atoms with Gasteiger partial charge in [0.1, 0.15) is 6.23 Å². The summed E-state index contributed by atoms with van der Waals surface area (Å²) in [7, 11) is 2.88. The zero-order valence-electron chi connectivity index (χ0n) is 16.9. The summed E-state index contributed by atoms with van der Waals surface area (Å²) < 4.78 is 3.79. The maximum absolute atomic E-state index is 12.8. The number of aryl methyl sites for hydroxylation is 1. The lowest BCUT2D eigenvalue weighted by Crippen LogP contribution is -2.37. The number of anilines is 1. The van der Waals surface area contributed by atoms with Gasteiger partial charge in [-0.1, -0.05) is 42.5 Å². The topological polar surface area (TPSA) is 143 Å². The van der Waals surface area contributed by atoms with Gasteiger partial charge in [-0.25, -0.2) is 15.0 Å². The maximum Gasteiger partial charge on any atom is 0.332 e. The summed E-state index contributed by atoms with van der Waals surface area (Å²) in [5.74, 6) is -1.05. The molecule has 4 N–H and O–H groups in total. The van der Waals surface area contributed by atoms with E-state index in [1.165, 1.54) is 18.7 Å². The van der Waals surface area contributed by atoms with Crippen LogP contribution in [0.4, 0.5) is 5.95 Å². The van der Waals surface area contributed by atoms with Gasteiger partial charge in [0.15, 0.2) is 11.2 Å². The molecule has 3 rings (SSSR count). The number of aliphatic hydroxyl groups is 1. The number of hydrogen-bond donors (Lipinski definition) is 4. The quantitative estimate of drug-likeness (QED) is 0.224. The van der Waals surface area contributed by atoms with Crippen molar-refractivity contribution in [2.75, 3.05) is 5.43 Å². The first-order valence-corrected chi connectivity index (χ1v) is 9.28. The van der Waals surface area contributed by atoms with Crippen molar-refractivity contribution in [3.63, 3.8) is 0 Å². The van der Waals surface area contributed by atoms with E-state index in [9.17, 15) is 19.5 Å². The van der Waals surface area contributed by atoms with Crippen molar-refractivity contribution >= 4 is 29.2 Å². The molecule has 2 aromatic heterocycles. The van der Waals surface area contributed by atoms with E-state index >= 15 is 0 Å². The van der Waals surface area contributed by atoms with Crippen LogP contribution in [0.1, 0.15) is 5.56 Å². The van der Waals surface area contributed by atoms with Crippen molar-refractivity contribution in [3.8, 4) is 0 Å². The summed E-state index contributed by atoms with van der Waals surface area (Å²) in [5.41, 5.74) is 5.46. The van der Waals surface area contributed by atoms with Crippen molar-refractivity contribution in [1.29, 1.82) is 0 Å². The van der Waals surface area contributed by atoms with Crippen LogP contribution in [-0.2, 0) is 25.4 Å². The Morgan fingerprint density at radius 1 is 1.19 bits per heavy atom. The van der Waals surface area contributed by atoms with Crippen molar-refractivity contribution < 1.29 is 15.0 Å². The van der Waals surface area contributed by atoms with Crippen molar-refractivity contribution in [2.24, 2.45) is 14.1 Å². The van der Waals surface area contributed by atoms with E-state index in [0.29, 0.717) is 0 Å². The second kappa shape index (κ2) is 9.24. The lowest BCUT2D eigenvalue weighted by atomic mass is 10.2. The summed E-state index contributed by atoms with van der Waals surface area (Å²) in [6.45, 7) is 0.240. The highest BCUT2D eigenvalue weighted by Gasteiger charge is 2.18. The average Bonchev–Trinajstić information content (AvgIpc) is 3.12. The Bertz CT molecular complexity index is 1270. The number of imidazole rings is 1. The smallest absolute Gasteiger partial charge is 0.332 e. The molecule has 1 aromatic carbocycles. The molecule has 1 atom stereocenters. The Morgan fingerprint density at radius 3 is 2.58 bits per heavy atom. The van der Waals surface area contributed by atoms with Gasteiger partial charge in [0.2, 0.25) is 5.95 Å². The Hall–Kier alpha value is -3.96. The molecular weight excluding hydrogens is 404 g/mol. The highest BCUT2D eigenvalue weighted by molar-refractivity contribution is 5.79. The van der Waals surface area contributed by atoms with E-state index in [2.05, 4.69) is 15.8 Å². The number of hydrogen-bond acceptors (Lipinski definition) is 7.